The number of thiazole rings is 2. The predicted octanol–water partition coefficient (Wildman–Crippen LogP) is 17.8. The summed E-state index contributed by atoms with van der Waals surface area (Å²) < 4.78 is 2.40. The minimum Gasteiger partial charge on any atom is -0.310 e. The zero-order valence-electron chi connectivity index (χ0n) is 36.9. The van der Waals surface area contributed by atoms with Crippen molar-refractivity contribution >= 4 is 98.8 Å². The lowest BCUT2D eigenvalue weighted by atomic mass is 9.82. The highest BCUT2D eigenvalue weighted by Crippen LogP contribution is 2.53. The molecule has 0 saturated carbocycles. The van der Waals surface area contributed by atoms with Gasteiger partial charge in [-0.2, -0.15) is 0 Å². The van der Waals surface area contributed by atoms with Crippen LogP contribution in [0, 0.1) is 0 Å². The van der Waals surface area contributed by atoms with Crippen molar-refractivity contribution < 1.29 is 0 Å². The van der Waals surface area contributed by atoms with Gasteiger partial charge in [0.1, 0.15) is 10.0 Å². The van der Waals surface area contributed by atoms with Gasteiger partial charge in [-0.15, -0.1) is 22.7 Å². The molecule has 0 spiro atoms. The van der Waals surface area contributed by atoms with Gasteiger partial charge in [0.25, 0.3) is 0 Å². The highest BCUT2D eigenvalue weighted by Gasteiger charge is 2.37. The largest absolute Gasteiger partial charge is 0.310 e. The summed E-state index contributed by atoms with van der Waals surface area (Å²) >= 11 is 3.47. The number of anilines is 6. The molecule has 0 fully saturated rings. The molecule has 0 aliphatic heterocycles. The molecule has 1 aliphatic rings. The normalized spacial score (nSPS) is 12.7. The lowest BCUT2D eigenvalue weighted by Gasteiger charge is -2.30. The minimum atomic E-state index is -0.293. The maximum Gasteiger partial charge on any atom is 0.124 e. The summed E-state index contributed by atoms with van der Waals surface area (Å²) in [7, 11) is 0. The van der Waals surface area contributed by atoms with Gasteiger partial charge in [0.05, 0.1) is 31.8 Å². The molecule has 12 aromatic rings. The molecule has 0 saturated heterocycles. The molecule has 0 bridgehead atoms. The summed E-state index contributed by atoms with van der Waals surface area (Å²) in [4.78, 5) is 14.8. The van der Waals surface area contributed by atoms with E-state index in [1.807, 2.05) is 0 Å². The van der Waals surface area contributed by atoms with E-state index in [1.54, 1.807) is 22.7 Å². The summed E-state index contributed by atoms with van der Waals surface area (Å²) in [6, 6.07) is 79.4. The van der Waals surface area contributed by atoms with E-state index in [4.69, 9.17) is 9.97 Å². The van der Waals surface area contributed by atoms with E-state index in [2.05, 4.69) is 242 Å². The van der Waals surface area contributed by atoms with Crippen LogP contribution in [-0.4, -0.2) is 9.97 Å². The number of para-hydroxylation sites is 2. The fourth-order valence-corrected chi connectivity index (χ4v) is 12.1. The van der Waals surface area contributed by atoms with Crippen LogP contribution in [0.1, 0.15) is 25.0 Å². The third kappa shape index (κ3) is 6.63. The quantitative estimate of drug-likeness (QED) is 0.152. The van der Waals surface area contributed by atoms with Crippen LogP contribution in [0.2, 0.25) is 0 Å². The van der Waals surface area contributed by atoms with Crippen molar-refractivity contribution in [1.29, 1.82) is 0 Å². The lowest BCUT2D eigenvalue weighted by molar-refractivity contribution is 0.660. The standard InChI is InChI=1S/C61H42N4S2/c1-61(2)51-37-45(64(55-21-11-15-39-13-3-5-17-47(39)55)43-29-25-41(26-30-43)59-62-53-19-7-9-23-57(53)66-59)33-35-49(51)50-36-34-46(38-52(50)61)65(56-22-12-16-40-14-4-6-18-48(40)56)44-31-27-42(28-32-44)60-63-54-20-8-10-24-58(54)67-60/h3-38H,1-2H3. The van der Waals surface area contributed by atoms with E-state index in [1.165, 1.54) is 53.2 Å². The van der Waals surface area contributed by atoms with Crippen molar-refractivity contribution in [2.75, 3.05) is 9.80 Å². The number of fused-ring (bicyclic) bond motifs is 7. The molecule has 0 radical (unpaired) electrons. The summed E-state index contributed by atoms with van der Waals surface area (Å²) in [5, 5.41) is 6.88. The molecule has 13 rings (SSSR count). The van der Waals surface area contributed by atoms with Crippen molar-refractivity contribution in [2.24, 2.45) is 0 Å². The second-order valence-corrected chi connectivity index (χ2v) is 19.9. The Hall–Kier alpha value is -7.90. The number of rotatable bonds is 8. The predicted molar refractivity (Wildman–Crippen MR) is 286 cm³/mol. The molecule has 2 heterocycles. The van der Waals surface area contributed by atoms with Crippen LogP contribution < -0.4 is 9.80 Å². The van der Waals surface area contributed by atoms with Crippen LogP contribution >= 0.6 is 22.7 Å². The van der Waals surface area contributed by atoms with Crippen LogP contribution in [0.25, 0.3) is 74.2 Å². The molecular formula is C61H42N4S2. The van der Waals surface area contributed by atoms with Crippen LogP contribution in [0.5, 0.6) is 0 Å². The van der Waals surface area contributed by atoms with Gasteiger partial charge in [-0.05, 0) is 142 Å². The zero-order valence-corrected chi connectivity index (χ0v) is 38.5. The molecule has 4 nitrogen and oxygen atoms in total. The Bertz CT molecular complexity index is 3540. The number of hydrogen-bond acceptors (Lipinski definition) is 6. The number of benzene rings is 10. The molecule has 0 unspecified atom stereocenters. The van der Waals surface area contributed by atoms with Crippen molar-refractivity contribution in [2.45, 2.75) is 19.3 Å². The number of hydrogen-bond donors (Lipinski definition) is 0. The lowest BCUT2D eigenvalue weighted by Crippen LogP contribution is -2.18. The Morgan fingerprint density at radius 2 is 0.761 bits per heavy atom. The minimum absolute atomic E-state index is 0.293. The average Bonchev–Trinajstić information content (AvgIpc) is 4.08. The molecule has 0 atom stereocenters. The maximum absolute atomic E-state index is 4.98. The average molecular weight is 895 g/mol. The monoisotopic (exact) mass is 894 g/mol. The Balaban J connectivity index is 0.911. The molecule has 0 amide bonds. The van der Waals surface area contributed by atoms with Crippen LogP contribution in [-0.2, 0) is 5.41 Å². The topological polar surface area (TPSA) is 32.3 Å². The molecule has 1 aliphatic carbocycles. The number of nitrogens with zero attached hydrogens (tertiary/aromatic N) is 4. The van der Waals surface area contributed by atoms with Gasteiger partial charge >= 0.3 is 0 Å². The SMILES string of the molecule is CC1(C)c2cc(N(c3ccc(-c4nc5ccccc5s4)cc3)c3cccc4ccccc34)ccc2-c2ccc(N(c3ccc(-c4nc5ccccc5s4)cc3)c3cccc4ccccc34)cc21. The molecular weight excluding hydrogens is 853 g/mol. The van der Waals surface area contributed by atoms with E-state index in [0.717, 1.165) is 66.3 Å². The Morgan fingerprint density at radius 1 is 0.373 bits per heavy atom. The smallest absolute Gasteiger partial charge is 0.124 e. The molecule has 318 valence electrons. The fraction of sp³-hybridized carbons (Fsp3) is 0.0492. The third-order valence-corrected chi connectivity index (χ3v) is 15.7. The molecule has 10 aromatic carbocycles. The van der Waals surface area contributed by atoms with Gasteiger partial charge in [0.2, 0.25) is 0 Å². The first-order chi connectivity index (χ1) is 32.9. The first kappa shape index (κ1) is 39.5. The summed E-state index contributed by atoms with van der Waals surface area (Å²) in [6.07, 6.45) is 0. The highest BCUT2D eigenvalue weighted by atomic mass is 32.1. The zero-order chi connectivity index (χ0) is 44.6. The summed E-state index contributed by atoms with van der Waals surface area (Å²) in [5.74, 6) is 0. The first-order valence-corrected chi connectivity index (χ1v) is 24.4. The first-order valence-electron chi connectivity index (χ1n) is 22.7. The van der Waals surface area contributed by atoms with E-state index in [9.17, 15) is 0 Å². The van der Waals surface area contributed by atoms with Crippen molar-refractivity contribution in [3.63, 3.8) is 0 Å². The summed E-state index contributed by atoms with van der Waals surface area (Å²) in [5.41, 5.74) is 15.9. The van der Waals surface area contributed by atoms with Gasteiger partial charge in [-0.25, -0.2) is 9.97 Å². The van der Waals surface area contributed by atoms with E-state index in [0.29, 0.717) is 0 Å². The Morgan fingerprint density at radius 3 is 1.21 bits per heavy atom. The fourth-order valence-electron chi connectivity index (χ4n) is 10.2. The van der Waals surface area contributed by atoms with Crippen molar-refractivity contribution in [3.8, 4) is 32.3 Å². The highest BCUT2D eigenvalue weighted by molar-refractivity contribution is 7.22. The van der Waals surface area contributed by atoms with Gasteiger partial charge in [0, 0.05) is 50.1 Å². The van der Waals surface area contributed by atoms with Gasteiger partial charge in [-0.1, -0.05) is 123 Å². The third-order valence-electron chi connectivity index (χ3n) is 13.5. The Labute approximate surface area is 397 Å². The van der Waals surface area contributed by atoms with E-state index < -0.39 is 0 Å². The molecule has 0 N–H and O–H groups in total. The number of aromatic nitrogens is 2. The van der Waals surface area contributed by atoms with Gasteiger partial charge in [0.15, 0.2) is 0 Å². The van der Waals surface area contributed by atoms with Crippen molar-refractivity contribution in [3.05, 3.63) is 230 Å². The van der Waals surface area contributed by atoms with Gasteiger partial charge in [-0.3, -0.25) is 0 Å². The van der Waals surface area contributed by atoms with Crippen molar-refractivity contribution in [1.82, 2.24) is 9.97 Å². The molecule has 2 aromatic heterocycles. The van der Waals surface area contributed by atoms with Crippen LogP contribution in [0.4, 0.5) is 34.1 Å². The van der Waals surface area contributed by atoms with Gasteiger partial charge < -0.3 is 9.80 Å². The molecule has 6 heteroatoms. The van der Waals surface area contributed by atoms with Crippen LogP contribution in [0.15, 0.2) is 218 Å². The van der Waals surface area contributed by atoms with Crippen LogP contribution in [0.3, 0.4) is 0 Å². The van der Waals surface area contributed by atoms with E-state index >= 15 is 0 Å². The van der Waals surface area contributed by atoms with E-state index in [-0.39, 0.29) is 5.41 Å². The maximum atomic E-state index is 4.98. The molecule has 67 heavy (non-hydrogen) atoms. The Kier molecular flexibility index (Phi) is 9.20. The summed E-state index contributed by atoms with van der Waals surface area (Å²) in [6.45, 7) is 4.77. The second kappa shape index (κ2) is 15.6. The second-order valence-electron chi connectivity index (χ2n) is 17.8.